The lowest BCUT2D eigenvalue weighted by atomic mass is 10.0. The van der Waals surface area contributed by atoms with Crippen LogP contribution in [0.2, 0.25) is 0 Å². The zero-order valence-electron chi connectivity index (χ0n) is 32.0. The Hall–Kier alpha value is 0. The molecule has 0 amide bonds. The second kappa shape index (κ2) is 46.0. The number of hydrogen-bond acceptors (Lipinski definition) is 0. The fraction of sp³-hybridized carbons (Fsp3) is 1.00. The molecule has 2 unspecified atom stereocenters. The average Bonchev–Trinajstić information content (AvgIpc) is 2.92. The van der Waals surface area contributed by atoms with E-state index in [1.807, 2.05) is 0 Å². The largest absolute Gasteiger partial charge is 0.0654 e. The van der Waals surface area contributed by atoms with Crippen molar-refractivity contribution in [2.45, 2.75) is 232 Å². The SMILES string of the molecule is CCCC(C)CCC.CCCCC(C)CC.CCCCC(C)CC.CCCCCC(C)C.CCCCCC(C)C. The molecule has 0 aromatic carbocycles. The van der Waals surface area contributed by atoms with Crippen LogP contribution < -0.4 is 0 Å². The van der Waals surface area contributed by atoms with Crippen LogP contribution in [-0.4, -0.2) is 0 Å². The van der Waals surface area contributed by atoms with E-state index in [0.717, 1.165) is 29.6 Å². The highest BCUT2D eigenvalue weighted by Gasteiger charge is 1.96. The molecule has 0 aromatic heterocycles. The Bertz CT molecular complexity index is 321. The Morgan fingerprint density at radius 2 is 0.575 bits per heavy atom. The van der Waals surface area contributed by atoms with E-state index in [2.05, 4.69) is 104 Å². The molecule has 0 nitrogen and oxygen atoms in total. The molecule has 0 bridgehead atoms. The summed E-state index contributed by atoms with van der Waals surface area (Å²) in [5, 5.41) is 0. The summed E-state index contributed by atoms with van der Waals surface area (Å²) in [5.74, 6) is 4.68. The van der Waals surface area contributed by atoms with E-state index >= 15 is 0 Å². The minimum absolute atomic E-state index is 0.904. The zero-order valence-corrected chi connectivity index (χ0v) is 32.0. The molecular formula is C40H90. The molecule has 0 N–H and O–H groups in total. The van der Waals surface area contributed by atoms with Crippen molar-refractivity contribution in [3.05, 3.63) is 0 Å². The lowest BCUT2D eigenvalue weighted by molar-refractivity contribution is 0.480. The van der Waals surface area contributed by atoms with Crippen molar-refractivity contribution >= 4 is 0 Å². The Labute approximate surface area is 261 Å². The van der Waals surface area contributed by atoms with Gasteiger partial charge in [-0.1, -0.05) is 232 Å². The number of hydrogen-bond donors (Lipinski definition) is 0. The van der Waals surface area contributed by atoms with E-state index in [1.54, 1.807) is 0 Å². The summed E-state index contributed by atoms with van der Waals surface area (Å²) in [6.45, 7) is 34.2. The zero-order chi connectivity index (χ0) is 32.0. The Morgan fingerprint density at radius 1 is 0.275 bits per heavy atom. The first-order valence-electron chi connectivity index (χ1n) is 19.0. The lowest BCUT2D eigenvalue weighted by Crippen LogP contribution is -1.91. The van der Waals surface area contributed by atoms with Crippen molar-refractivity contribution in [1.29, 1.82) is 0 Å². The van der Waals surface area contributed by atoms with Gasteiger partial charge in [0.15, 0.2) is 0 Å². The molecule has 0 spiro atoms. The molecule has 0 saturated carbocycles. The molecule has 0 aliphatic heterocycles. The monoisotopic (exact) mass is 571 g/mol. The van der Waals surface area contributed by atoms with Crippen LogP contribution >= 0.6 is 0 Å². The average molecular weight is 571 g/mol. The molecule has 0 rings (SSSR count). The van der Waals surface area contributed by atoms with E-state index in [4.69, 9.17) is 0 Å². The van der Waals surface area contributed by atoms with E-state index in [-0.39, 0.29) is 0 Å². The van der Waals surface area contributed by atoms with Crippen LogP contribution in [0.1, 0.15) is 232 Å². The van der Waals surface area contributed by atoms with Crippen LogP contribution in [-0.2, 0) is 0 Å². The number of rotatable bonds is 20. The standard InChI is InChI=1S/5C8H18/c2*1-4-5-6-7-8(2)3;2*1-4-6-7-8(3)5-2;1-4-6-8(3)7-5-2/h5*8H,4-7H2,1-3H3. The van der Waals surface area contributed by atoms with Gasteiger partial charge < -0.3 is 0 Å². The number of unbranched alkanes of at least 4 members (excludes halogenated alkanes) is 6. The van der Waals surface area contributed by atoms with E-state index in [1.165, 1.54) is 128 Å². The van der Waals surface area contributed by atoms with Gasteiger partial charge in [0.1, 0.15) is 0 Å². The smallest absolute Gasteiger partial charge is 0.0443 e. The molecule has 0 saturated heterocycles. The molecule has 40 heavy (non-hydrogen) atoms. The first-order valence-corrected chi connectivity index (χ1v) is 19.0. The van der Waals surface area contributed by atoms with Crippen molar-refractivity contribution in [1.82, 2.24) is 0 Å². The quantitative estimate of drug-likeness (QED) is 0.128. The lowest BCUT2D eigenvalue weighted by Gasteiger charge is -2.05. The molecular weight excluding hydrogens is 480 g/mol. The van der Waals surface area contributed by atoms with Gasteiger partial charge in [-0.05, 0) is 29.6 Å². The molecule has 0 fully saturated rings. The summed E-state index contributed by atoms with van der Waals surface area (Å²) in [5.41, 5.74) is 0. The van der Waals surface area contributed by atoms with Crippen molar-refractivity contribution < 1.29 is 0 Å². The summed E-state index contributed by atoms with van der Waals surface area (Å²) in [7, 11) is 0. The molecule has 0 heteroatoms. The van der Waals surface area contributed by atoms with Crippen LogP contribution in [0.4, 0.5) is 0 Å². The van der Waals surface area contributed by atoms with Gasteiger partial charge in [-0.25, -0.2) is 0 Å². The van der Waals surface area contributed by atoms with Gasteiger partial charge in [0, 0.05) is 0 Å². The summed E-state index contributed by atoms with van der Waals surface area (Å²) in [6, 6.07) is 0. The van der Waals surface area contributed by atoms with Gasteiger partial charge in [-0.15, -0.1) is 0 Å². The van der Waals surface area contributed by atoms with Crippen LogP contribution in [0.25, 0.3) is 0 Å². The summed E-state index contributed by atoms with van der Waals surface area (Å²) >= 11 is 0. The summed E-state index contributed by atoms with van der Waals surface area (Å²) in [4.78, 5) is 0. The predicted molar refractivity (Wildman–Crippen MR) is 195 cm³/mol. The summed E-state index contributed by atoms with van der Waals surface area (Å²) in [6.07, 6.45) is 27.8. The maximum absolute atomic E-state index is 2.34. The van der Waals surface area contributed by atoms with Gasteiger partial charge in [0.25, 0.3) is 0 Å². The summed E-state index contributed by atoms with van der Waals surface area (Å²) < 4.78 is 0. The van der Waals surface area contributed by atoms with Crippen LogP contribution in [0.5, 0.6) is 0 Å². The normalized spacial score (nSPS) is 11.8. The second-order valence-electron chi connectivity index (χ2n) is 13.8. The van der Waals surface area contributed by atoms with Gasteiger partial charge >= 0.3 is 0 Å². The Kier molecular flexibility index (Phi) is 57.1. The predicted octanol–water partition coefficient (Wildman–Crippen LogP) is 16.1. The molecule has 2 atom stereocenters. The molecule has 0 aliphatic rings. The van der Waals surface area contributed by atoms with Crippen molar-refractivity contribution in [3.8, 4) is 0 Å². The highest BCUT2D eigenvalue weighted by atomic mass is 14.0. The fourth-order valence-corrected chi connectivity index (χ4v) is 4.25. The third kappa shape index (κ3) is 66.4. The maximum atomic E-state index is 2.34. The van der Waals surface area contributed by atoms with E-state index < -0.39 is 0 Å². The van der Waals surface area contributed by atoms with Crippen LogP contribution in [0.15, 0.2) is 0 Å². The van der Waals surface area contributed by atoms with Gasteiger partial charge in [-0.2, -0.15) is 0 Å². The van der Waals surface area contributed by atoms with E-state index in [0.29, 0.717) is 0 Å². The minimum atomic E-state index is 0.904. The molecule has 0 aromatic rings. The molecule has 0 heterocycles. The molecule has 0 aliphatic carbocycles. The first-order chi connectivity index (χ1) is 19.0. The fourth-order valence-electron chi connectivity index (χ4n) is 4.25. The van der Waals surface area contributed by atoms with Gasteiger partial charge in [-0.3, -0.25) is 0 Å². The van der Waals surface area contributed by atoms with Crippen molar-refractivity contribution in [2.75, 3.05) is 0 Å². The Balaban J connectivity index is -0.000000128. The first kappa shape index (κ1) is 49.7. The minimum Gasteiger partial charge on any atom is -0.0654 e. The molecule has 0 radical (unpaired) electrons. The third-order valence-corrected chi connectivity index (χ3v) is 7.83. The molecule has 250 valence electrons. The second-order valence-corrected chi connectivity index (χ2v) is 13.8. The van der Waals surface area contributed by atoms with Crippen molar-refractivity contribution in [3.63, 3.8) is 0 Å². The van der Waals surface area contributed by atoms with Crippen molar-refractivity contribution in [2.24, 2.45) is 29.6 Å². The Morgan fingerprint density at radius 3 is 0.775 bits per heavy atom. The topological polar surface area (TPSA) is 0 Å². The maximum Gasteiger partial charge on any atom is -0.0443 e. The highest BCUT2D eigenvalue weighted by Crippen LogP contribution is 2.12. The van der Waals surface area contributed by atoms with E-state index in [9.17, 15) is 0 Å². The van der Waals surface area contributed by atoms with Crippen LogP contribution in [0.3, 0.4) is 0 Å². The third-order valence-electron chi connectivity index (χ3n) is 7.83. The van der Waals surface area contributed by atoms with Gasteiger partial charge in [0.2, 0.25) is 0 Å². The van der Waals surface area contributed by atoms with Gasteiger partial charge in [0.05, 0.1) is 0 Å². The highest BCUT2D eigenvalue weighted by molar-refractivity contribution is 4.50. The van der Waals surface area contributed by atoms with Crippen LogP contribution in [0, 0.1) is 29.6 Å².